The Hall–Kier alpha value is -2.86. The lowest BCUT2D eigenvalue weighted by Gasteiger charge is -2.34. The van der Waals surface area contributed by atoms with Crippen molar-refractivity contribution >= 4 is 28.5 Å². The molecule has 3 aliphatic rings. The number of hydrogen-bond donors (Lipinski definition) is 3. The number of anilines is 1. The molecule has 0 spiro atoms. The summed E-state index contributed by atoms with van der Waals surface area (Å²) in [5.74, 6) is -0.409. The number of pyridine rings is 1. The molecule has 2 unspecified atom stereocenters. The maximum atomic E-state index is 12.8. The van der Waals surface area contributed by atoms with E-state index in [1.165, 1.54) is 0 Å². The number of ketones is 1. The Morgan fingerprint density at radius 2 is 2.26 bits per heavy atom. The molecule has 31 heavy (non-hydrogen) atoms. The molecule has 5 heterocycles. The van der Waals surface area contributed by atoms with Crippen LogP contribution in [0.25, 0.3) is 11.0 Å². The number of hydrogen-bond acceptors (Lipinski definition) is 10. The van der Waals surface area contributed by atoms with Gasteiger partial charge in [-0.3, -0.25) is 9.59 Å². The van der Waals surface area contributed by atoms with E-state index in [9.17, 15) is 9.59 Å². The molecule has 0 aliphatic carbocycles. The summed E-state index contributed by atoms with van der Waals surface area (Å²) >= 11 is 0. The fourth-order valence-electron chi connectivity index (χ4n) is 4.29. The van der Waals surface area contributed by atoms with E-state index in [1.54, 1.807) is 23.2 Å². The predicted molar refractivity (Wildman–Crippen MR) is 109 cm³/mol. The first-order chi connectivity index (χ1) is 15.1. The Balaban J connectivity index is 1.67. The van der Waals surface area contributed by atoms with Crippen molar-refractivity contribution in [3.05, 3.63) is 29.6 Å². The van der Waals surface area contributed by atoms with Crippen molar-refractivity contribution in [2.45, 2.75) is 38.1 Å². The van der Waals surface area contributed by atoms with Gasteiger partial charge in [0.05, 0.1) is 36.9 Å². The number of nitrogens with one attached hydrogen (secondary N) is 3. The van der Waals surface area contributed by atoms with E-state index in [2.05, 4.69) is 26.3 Å². The first-order valence-electron chi connectivity index (χ1n) is 10.3. The summed E-state index contributed by atoms with van der Waals surface area (Å²) in [6, 6.07) is -0.124. The number of aryl methyl sites for hydroxylation is 1. The summed E-state index contributed by atoms with van der Waals surface area (Å²) in [6.07, 6.45) is 6.09. The van der Waals surface area contributed by atoms with Crippen LogP contribution in [0.1, 0.15) is 25.3 Å². The fraction of sp³-hybridized carbons (Fsp3) is 0.500. The second-order valence-corrected chi connectivity index (χ2v) is 7.63. The highest BCUT2D eigenvalue weighted by Gasteiger charge is 2.47. The van der Waals surface area contributed by atoms with E-state index < -0.39 is 5.72 Å². The van der Waals surface area contributed by atoms with Gasteiger partial charge >= 0.3 is 5.97 Å². The highest BCUT2D eigenvalue weighted by atomic mass is 16.6. The molecule has 2 saturated heterocycles. The van der Waals surface area contributed by atoms with Crippen molar-refractivity contribution in [2.75, 3.05) is 31.9 Å². The summed E-state index contributed by atoms with van der Waals surface area (Å²) in [7, 11) is 0. The van der Waals surface area contributed by atoms with E-state index in [0.29, 0.717) is 43.0 Å². The molecule has 0 aromatic carbocycles. The summed E-state index contributed by atoms with van der Waals surface area (Å²) in [4.78, 5) is 29.3. The Bertz CT molecular complexity index is 1060. The molecule has 2 fully saturated rings. The third-order valence-electron chi connectivity index (χ3n) is 5.78. The van der Waals surface area contributed by atoms with Crippen molar-refractivity contribution in [3.63, 3.8) is 0 Å². The Kier molecular flexibility index (Phi) is 5.18. The van der Waals surface area contributed by atoms with E-state index in [4.69, 9.17) is 14.2 Å². The SMILES string of the molecule is CCn1ncc2c(NC3CCOC(=O)C3)c(C3(C4=CCOCC4=O)NNCO3)cnc21. The highest BCUT2D eigenvalue weighted by Crippen LogP contribution is 2.41. The van der Waals surface area contributed by atoms with Crippen molar-refractivity contribution in [2.24, 2.45) is 0 Å². The molecule has 0 radical (unpaired) electrons. The number of esters is 1. The van der Waals surface area contributed by atoms with Crippen LogP contribution in [0.2, 0.25) is 0 Å². The van der Waals surface area contributed by atoms with Crippen molar-refractivity contribution < 1.29 is 23.8 Å². The Morgan fingerprint density at radius 3 is 3.00 bits per heavy atom. The second kappa shape index (κ2) is 8.00. The van der Waals surface area contributed by atoms with Crippen LogP contribution in [0.15, 0.2) is 24.0 Å². The van der Waals surface area contributed by atoms with Gasteiger partial charge in [0.25, 0.3) is 0 Å². The minimum absolute atomic E-state index is 0.0146. The number of hydrazine groups is 1. The number of cyclic esters (lactones) is 1. The van der Waals surface area contributed by atoms with Crippen LogP contribution in [0.5, 0.6) is 0 Å². The van der Waals surface area contributed by atoms with Crippen LogP contribution < -0.4 is 16.2 Å². The molecule has 0 bridgehead atoms. The number of nitrogens with zero attached hydrogens (tertiary/aromatic N) is 3. The van der Waals surface area contributed by atoms with Gasteiger partial charge in [-0.1, -0.05) is 0 Å². The Morgan fingerprint density at radius 1 is 1.35 bits per heavy atom. The average molecular weight is 428 g/mol. The van der Waals surface area contributed by atoms with Gasteiger partial charge in [-0.05, 0) is 13.0 Å². The van der Waals surface area contributed by atoms with Gasteiger partial charge in [-0.2, -0.15) is 5.10 Å². The van der Waals surface area contributed by atoms with Gasteiger partial charge in [-0.15, -0.1) is 0 Å². The summed E-state index contributed by atoms with van der Waals surface area (Å²) < 4.78 is 18.3. The molecule has 3 aliphatic heterocycles. The van der Waals surface area contributed by atoms with Gasteiger partial charge < -0.3 is 19.5 Å². The normalized spacial score (nSPS) is 26.7. The lowest BCUT2D eigenvalue weighted by atomic mass is 9.89. The quantitative estimate of drug-likeness (QED) is 0.573. The number of carbonyl (C=O) groups is 2. The monoisotopic (exact) mass is 428 g/mol. The first kappa shape index (κ1) is 20.1. The molecule has 11 heteroatoms. The van der Waals surface area contributed by atoms with Crippen LogP contribution >= 0.6 is 0 Å². The third-order valence-corrected chi connectivity index (χ3v) is 5.78. The lowest BCUT2D eigenvalue weighted by Crippen LogP contribution is -2.48. The topological polar surface area (TPSA) is 129 Å². The number of ether oxygens (including phenoxy) is 3. The maximum Gasteiger partial charge on any atom is 0.307 e. The van der Waals surface area contributed by atoms with Crippen molar-refractivity contribution in [3.8, 4) is 0 Å². The van der Waals surface area contributed by atoms with Crippen LogP contribution in [-0.2, 0) is 36.1 Å². The van der Waals surface area contributed by atoms with Crippen molar-refractivity contribution in [1.82, 2.24) is 25.6 Å². The van der Waals surface area contributed by atoms with Crippen molar-refractivity contribution in [1.29, 1.82) is 0 Å². The number of carbonyl (C=O) groups excluding carboxylic acids is 2. The zero-order chi connectivity index (χ0) is 21.4. The van der Waals surface area contributed by atoms with Gasteiger partial charge in [0.2, 0.25) is 0 Å². The molecule has 2 atom stereocenters. The largest absolute Gasteiger partial charge is 0.466 e. The van der Waals surface area contributed by atoms with E-state index in [1.807, 2.05) is 6.92 Å². The molecule has 2 aromatic rings. The van der Waals surface area contributed by atoms with Crippen LogP contribution in [0.3, 0.4) is 0 Å². The molecule has 164 valence electrons. The van der Waals surface area contributed by atoms with E-state index in [-0.39, 0.29) is 37.6 Å². The number of fused-ring (bicyclic) bond motifs is 1. The molecule has 0 amide bonds. The molecule has 11 nitrogen and oxygen atoms in total. The molecular weight excluding hydrogens is 404 g/mol. The predicted octanol–water partition coefficient (Wildman–Crippen LogP) is 0.329. The van der Waals surface area contributed by atoms with E-state index in [0.717, 1.165) is 11.1 Å². The summed E-state index contributed by atoms with van der Waals surface area (Å²) in [5.41, 5.74) is 7.40. The minimum Gasteiger partial charge on any atom is -0.466 e. The standard InChI is InChI=1S/C20H24N6O5/c1-2-26-19-13(8-23-26)18(24-12-3-6-30-17(28)7-12)15(9-21-19)20(25-22-11-31-20)14-4-5-29-10-16(14)27/h4,8-9,12,22,25H,2-3,5-7,10-11H2,1H3,(H,21,24). The fourth-order valence-corrected chi connectivity index (χ4v) is 4.29. The third kappa shape index (κ3) is 3.39. The molecule has 2 aromatic heterocycles. The van der Waals surface area contributed by atoms with Gasteiger partial charge in [-0.25, -0.2) is 20.5 Å². The number of Topliss-reactive ketones (excluding diaryl/α,β-unsaturated/α-hetero) is 1. The van der Waals surface area contributed by atoms with Gasteiger partial charge in [0.15, 0.2) is 17.2 Å². The lowest BCUT2D eigenvalue weighted by molar-refractivity contribution is -0.147. The van der Waals surface area contributed by atoms with Crippen LogP contribution in [-0.4, -0.2) is 59.1 Å². The summed E-state index contributed by atoms with van der Waals surface area (Å²) in [5, 5.41) is 8.74. The van der Waals surface area contributed by atoms with E-state index >= 15 is 0 Å². The number of aromatic nitrogens is 3. The van der Waals surface area contributed by atoms with Crippen LogP contribution in [0, 0.1) is 0 Å². The first-order valence-corrected chi connectivity index (χ1v) is 10.3. The zero-order valence-corrected chi connectivity index (χ0v) is 17.1. The molecule has 5 rings (SSSR count). The smallest absolute Gasteiger partial charge is 0.307 e. The second-order valence-electron chi connectivity index (χ2n) is 7.63. The zero-order valence-electron chi connectivity index (χ0n) is 17.1. The Labute approximate surface area is 178 Å². The van der Waals surface area contributed by atoms with Gasteiger partial charge in [0, 0.05) is 36.3 Å². The molecule has 0 saturated carbocycles. The molecule has 3 N–H and O–H groups in total. The molecular formula is C20H24N6O5. The van der Waals surface area contributed by atoms with Crippen LogP contribution in [0.4, 0.5) is 5.69 Å². The highest BCUT2D eigenvalue weighted by molar-refractivity contribution is 6.00. The maximum absolute atomic E-state index is 12.8. The van der Waals surface area contributed by atoms with Gasteiger partial charge in [0.1, 0.15) is 13.3 Å². The average Bonchev–Trinajstić information content (AvgIpc) is 3.42. The summed E-state index contributed by atoms with van der Waals surface area (Å²) in [6.45, 7) is 3.51. The number of rotatable bonds is 5. The minimum atomic E-state index is -1.24.